The third kappa shape index (κ3) is 2.73. The van der Waals surface area contributed by atoms with E-state index in [1.54, 1.807) is 0 Å². The topological polar surface area (TPSA) is 30.7 Å². The van der Waals surface area contributed by atoms with E-state index < -0.39 is 0 Å². The fourth-order valence-corrected chi connectivity index (χ4v) is 6.66. The van der Waals surface area contributed by atoms with Crippen molar-refractivity contribution in [2.75, 3.05) is 0 Å². The molecule has 0 aliphatic carbocycles. The Morgan fingerprint density at radius 2 is 1.22 bits per heavy atom. The van der Waals surface area contributed by atoms with Crippen LogP contribution in [-0.4, -0.2) is 14.5 Å². The average Bonchev–Trinajstić information content (AvgIpc) is 3.49. The van der Waals surface area contributed by atoms with Crippen LogP contribution in [0.3, 0.4) is 0 Å². The molecule has 0 atom stereocenters. The van der Waals surface area contributed by atoms with Crippen LogP contribution in [0.5, 0.6) is 0 Å². The van der Waals surface area contributed by atoms with Crippen LogP contribution in [0, 0.1) is 0 Å². The molecule has 3 aromatic heterocycles. The molecule has 0 saturated heterocycles. The highest BCUT2D eigenvalue weighted by molar-refractivity contribution is 7.26. The molecule has 0 radical (unpaired) electrons. The number of hydrogen-bond acceptors (Lipinski definition) is 3. The van der Waals surface area contributed by atoms with Gasteiger partial charge in [0.25, 0.3) is 0 Å². The van der Waals surface area contributed by atoms with Gasteiger partial charge >= 0.3 is 0 Å². The zero-order valence-electron chi connectivity index (χ0n) is 19.2. The minimum Gasteiger partial charge on any atom is -0.276 e. The van der Waals surface area contributed by atoms with Gasteiger partial charge in [-0.1, -0.05) is 97.1 Å². The molecule has 3 nitrogen and oxygen atoms in total. The summed E-state index contributed by atoms with van der Waals surface area (Å²) in [5, 5.41) is 6.06. The molecule has 0 fully saturated rings. The molecule has 0 amide bonds. The Morgan fingerprint density at radius 3 is 2.11 bits per heavy atom. The molecular weight excluding hydrogens is 458 g/mol. The molecule has 168 valence electrons. The van der Waals surface area contributed by atoms with Crippen molar-refractivity contribution in [2.24, 2.45) is 0 Å². The van der Waals surface area contributed by atoms with Gasteiger partial charge in [-0.05, 0) is 18.2 Å². The molecule has 36 heavy (non-hydrogen) atoms. The monoisotopic (exact) mass is 477 g/mol. The number of benzene rings is 5. The lowest BCUT2D eigenvalue weighted by atomic mass is 10.1. The molecule has 0 bridgehead atoms. The van der Waals surface area contributed by atoms with E-state index in [1.807, 2.05) is 23.5 Å². The van der Waals surface area contributed by atoms with Crippen molar-refractivity contribution in [3.63, 3.8) is 0 Å². The van der Waals surface area contributed by atoms with Crippen LogP contribution in [0.4, 0.5) is 0 Å². The minimum atomic E-state index is 0.698. The van der Waals surface area contributed by atoms with Crippen molar-refractivity contribution in [1.29, 1.82) is 0 Å². The van der Waals surface area contributed by atoms with Crippen LogP contribution < -0.4 is 0 Å². The van der Waals surface area contributed by atoms with E-state index in [2.05, 4.69) is 108 Å². The number of para-hydroxylation sites is 2. The van der Waals surface area contributed by atoms with Crippen molar-refractivity contribution < 1.29 is 0 Å². The normalized spacial score (nSPS) is 11.9. The maximum Gasteiger partial charge on any atom is 0.235 e. The molecule has 0 aliphatic heterocycles. The van der Waals surface area contributed by atoms with Gasteiger partial charge in [0.1, 0.15) is 0 Å². The summed E-state index contributed by atoms with van der Waals surface area (Å²) in [6, 6.07) is 40.5. The highest BCUT2D eigenvalue weighted by Gasteiger charge is 2.20. The predicted octanol–water partition coefficient (Wildman–Crippen LogP) is 8.76. The lowest BCUT2D eigenvalue weighted by Crippen LogP contribution is -2.03. The fourth-order valence-electron chi connectivity index (χ4n) is 5.42. The van der Waals surface area contributed by atoms with E-state index in [9.17, 15) is 0 Å². The first-order valence-electron chi connectivity index (χ1n) is 12.0. The van der Waals surface area contributed by atoms with Crippen LogP contribution in [0.1, 0.15) is 0 Å². The van der Waals surface area contributed by atoms with E-state index in [-0.39, 0.29) is 0 Å². The Kier molecular flexibility index (Phi) is 4.10. The predicted molar refractivity (Wildman–Crippen MR) is 152 cm³/mol. The zero-order chi connectivity index (χ0) is 23.6. The molecule has 0 spiro atoms. The van der Waals surface area contributed by atoms with Crippen molar-refractivity contribution in [1.82, 2.24) is 14.5 Å². The third-order valence-electron chi connectivity index (χ3n) is 7.02. The zero-order valence-corrected chi connectivity index (χ0v) is 20.0. The fraction of sp³-hybridized carbons (Fsp3) is 0. The van der Waals surface area contributed by atoms with E-state index in [4.69, 9.17) is 9.97 Å². The van der Waals surface area contributed by atoms with Crippen LogP contribution >= 0.6 is 11.3 Å². The smallest absolute Gasteiger partial charge is 0.235 e. The summed E-state index contributed by atoms with van der Waals surface area (Å²) in [4.78, 5) is 10.4. The van der Waals surface area contributed by atoms with E-state index in [0.717, 1.165) is 27.7 Å². The van der Waals surface area contributed by atoms with E-state index >= 15 is 0 Å². The molecule has 8 aromatic rings. The Bertz CT molecular complexity index is 2100. The Hall–Kier alpha value is -4.54. The van der Waals surface area contributed by atoms with Crippen molar-refractivity contribution in [2.45, 2.75) is 0 Å². The summed E-state index contributed by atoms with van der Waals surface area (Å²) < 4.78 is 4.82. The number of thiophene rings is 1. The lowest BCUT2D eigenvalue weighted by molar-refractivity contribution is 1.02. The van der Waals surface area contributed by atoms with Gasteiger partial charge in [-0.25, -0.2) is 9.97 Å². The number of fused-ring (bicyclic) bond motifs is 8. The van der Waals surface area contributed by atoms with Gasteiger partial charge in [-0.2, -0.15) is 0 Å². The van der Waals surface area contributed by atoms with Gasteiger partial charge in [0.05, 0.1) is 26.9 Å². The Morgan fingerprint density at radius 1 is 0.528 bits per heavy atom. The van der Waals surface area contributed by atoms with Crippen LogP contribution in [-0.2, 0) is 0 Å². The maximum atomic E-state index is 5.23. The molecule has 0 unspecified atom stereocenters. The molecular formula is C32H19N3S. The summed E-state index contributed by atoms with van der Waals surface area (Å²) >= 11 is 1.84. The summed E-state index contributed by atoms with van der Waals surface area (Å²) in [5.41, 5.74) is 5.27. The Labute approximate surface area is 210 Å². The standard InChI is InChI=1S/C32H19N3S/c1-2-10-20(11-3-1)29-25-14-4-7-15-26(25)33-32(34-29)35-27-16-8-5-12-21(27)23-18-19-24-22-13-6-9-17-28(22)36-31(24)30(23)35/h1-19H. The van der Waals surface area contributed by atoms with Gasteiger partial charge < -0.3 is 0 Å². The summed E-state index contributed by atoms with van der Waals surface area (Å²) in [6.07, 6.45) is 0. The minimum absolute atomic E-state index is 0.698. The van der Waals surface area contributed by atoms with Gasteiger partial charge in [0.15, 0.2) is 0 Å². The molecule has 5 aromatic carbocycles. The summed E-state index contributed by atoms with van der Waals surface area (Å²) in [6.45, 7) is 0. The second kappa shape index (κ2) is 7.48. The SMILES string of the molecule is c1ccc(-c2nc(-n3c4ccccc4c4ccc5c6ccccc6sc5c43)nc3ccccc23)cc1. The first kappa shape index (κ1) is 19.7. The number of rotatable bonds is 2. The van der Waals surface area contributed by atoms with Crippen molar-refractivity contribution >= 4 is 64.2 Å². The highest BCUT2D eigenvalue weighted by atomic mass is 32.1. The van der Waals surface area contributed by atoms with Crippen LogP contribution in [0.2, 0.25) is 0 Å². The molecule has 0 aliphatic rings. The van der Waals surface area contributed by atoms with Gasteiger partial charge in [-0.3, -0.25) is 4.57 Å². The van der Waals surface area contributed by atoms with Gasteiger partial charge in [0, 0.05) is 37.2 Å². The molecule has 8 rings (SSSR count). The van der Waals surface area contributed by atoms with Crippen LogP contribution in [0.15, 0.2) is 115 Å². The van der Waals surface area contributed by atoms with Crippen molar-refractivity contribution in [3.05, 3.63) is 115 Å². The molecule has 0 saturated carbocycles. The summed E-state index contributed by atoms with van der Waals surface area (Å²) in [5.74, 6) is 0.698. The van der Waals surface area contributed by atoms with Gasteiger partial charge in [-0.15, -0.1) is 11.3 Å². The molecule has 3 heterocycles. The second-order valence-electron chi connectivity index (χ2n) is 9.04. The van der Waals surface area contributed by atoms with E-state index in [0.29, 0.717) is 5.95 Å². The summed E-state index contributed by atoms with van der Waals surface area (Å²) in [7, 11) is 0. The highest BCUT2D eigenvalue weighted by Crippen LogP contribution is 2.42. The third-order valence-corrected chi connectivity index (χ3v) is 8.21. The first-order chi connectivity index (χ1) is 17.9. The number of hydrogen-bond donors (Lipinski definition) is 0. The lowest BCUT2D eigenvalue weighted by Gasteiger charge is -2.12. The van der Waals surface area contributed by atoms with Crippen LogP contribution in [0.25, 0.3) is 70.1 Å². The number of nitrogens with zero attached hydrogens (tertiary/aromatic N) is 3. The first-order valence-corrected chi connectivity index (χ1v) is 12.8. The van der Waals surface area contributed by atoms with Crippen molar-refractivity contribution in [3.8, 4) is 17.2 Å². The second-order valence-corrected chi connectivity index (χ2v) is 10.1. The molecule has 0 N–H and O–H groups in total. The van der Waals surface area contributed by atoms with Gasteiger partial charge in [0.2, 0.25) is 5.95 Å². The average molecular weight is 478 g/mol. The van der Waals surface area contributed by atoms with E-state index in [1.165, 1.54) is 36.5 Å². The molecule has 4 heteroatoms. The maximum absolute atomic E-state index is 5.23. The quantitative estimate of drug-likeness (QED) is 0.249. The number of aromatic nitrogens is 3. The Balaban J connectivity index is 1.57. The largest absolute Gasteiger partial charge is 0.276 e.